The van der Waals surface area contributed by atoms with E-state index in [1.165, 1.54) is 11.3 Å². The number of nitrogen functional groups attached to an aromatic ring is 1. The summed E-state index contributed by atoms with van der Waals surface area (Å²) in [7, 11) is 0. The monoisotopic (exact) mass is 408 g/mol. The summed E-state index contributed by atoms with van der Waals surface area (Å²) in [5.74, 6) is -0.0636. The smallest absolute Gasteiger partial charge is 0.205 e. The maximum Gasteiger partial charge on any atom is 0.205 e. The Kier molecular flexibility index (Phi) is 4.11. The molecule has 0 aliphatic carbocycles. The van der Waals surface area contributed by atoms with E-state index < -0.39 is 0 Å². The van der Waals surface area contributed by atoms with E-state index in [1.807, 2.05) is 54.6 Å². The van der Waals surface area contributed by atoms with E-state index in [-0.39, 0.29) is 5.78 Å². The van der Waals surface area contributed by atoms with Crippen molar-refractivity contribution in [2.45, 2.75) is 0 Å². The minimum absolute atomic E-state index is 0.0636. The highest BCUT2D eigenvalue weighted by Gasteiger charge is 2.19. The number of anilines is 1. The van der Waals surface area contributed by atoms with Gasteiger partial charge < -0.3 is 5.73 Å². The molecule has 5 heteroatoms. The first-order valence-corrected chi connectivity index (χ1v) is 9.29. The van der Waals surface area contributed by atoms with E-state index in [2.05, 4.69) is 15.9 Å². The van der Waals surface area contributed by atoms with E-state index >= 15 is 0 Å². The molecule has 2 aromatic heterocycles. The Hall–Kier alpha value is -2.50. The standard InChI is InChI=1S/C20H13BrN2OS/c21-14-8-6-12(7-9-14)16-11-10-15-17(22)19(25-20(15)23-16)18(24)13-4-2-1-3-5-13/h1-11H,22H2. The zero-order chi connectivity index (χ0) is 17.4. The first-order chi connectivity index (χ1) is 12.1. The molecule has 3 nitrogen and oxygen atoms in total. The van der Waals surface area contributed by atoms with Crippen LogP contribution in [0.25, 0.3) is 21.5 Å². The summed E-state index contributed by atoms with van der Waals surface area (Å²) in [5, 5.41) is 0.824. The third-order valence-electron chi connectivity index (χ3n) is 3.98. The Morgan fingerprint density at radius 1 is 0.960 bits per heavy atom. The third kappa shape index (κ3) is 2.97. The lowest BCUT2D eigenvalue weighted by molar-refractivity contribution is 0.104. The van der Waals surface area contributed by atoms with Crippen molar-refractivity contribution in [3.63, 3.8) is 0 Å². The van der Waals surface area contributed by atoms with Crippen molar-refractivity contribution in [1.29, 1.82) is 0 Å². The second-order valence-corrected chi connectivity index (χ2v) is 7.51. The highest BCUT2D eigenvalue weighted by Crippen LogP contribution is 2.35. The molecule has 2 aromatic carbocycles. The van der Waals surface area contributed by atoms with Crippen LogP contribution >= 0.6 is 27.3 Å². The fourth-order valence-corrected chi connectivity index (χ4v) is 3.99. The van der Waals surface area contributed by atoms with Gasteiger partial charge in [-0.05, 0) is 24.3 Å². The van der Waals surface area contributed by atoms with Crippen molar-refractivity contribution >= 4 is 49.0 Å². The van der Waals surface area contributed by atoms with Crippen LogP contribution in [0.5, 0.6) is 0 Å². The first kappa shape index (κ1) is 16.0. The van der Waals surface area contributed by atoms with Gasteiger partial charge in [0, 0.05) is 21.0 Å². The number of hydrogen-bond acceptors (Lipinski definition) is 4. The number of thiophene rings is 1. The van der Waals surface area contributed by atoms with Crippen molar-refractivity contribution in [1.82, 2.24) is 4.98 Å². The predicted molar refractivity (Wildman–Crippen MR) is 107 cm³/mol. The molecule has 0 radical (unpaired) electrons. The number of nitrogens with zero attached hydrogens (tertiary/aromatic N) is 1. The van der Waals surface area contributed by atoms with Gasteiger partial charge in [-0.3, -0.25) is 4.79 Å². The summed E-state index contributed by atoms with van der Waals surface area (Å²) in [6.07, 6.45) is 0. The van der Waals surface area contributed by atoms with E-state index in [4.69, 9.17) is 10.7 Å². The number of hydrogen-bond donors (Lipinski definition) is 1. The topological polar surface area (TPSA) is 56.0 Å². The lowest BCUT2D eigenvalue weighted by Gasteiger charge is -2.01. The summed E-state index contributed by atoms with van der Waals surface area (Å²) in [6.45, 7) is 0. The van der Waals surface area contributed by atoms with Crippen LogP contribution in [-0.2, 0) is 0 Å². The molecule has 0 aliphatic heterocycles. The number of benzene rings is 2. The zero-order valence-electron chi connectivity index (χ0n) is 13.1. The van der Waals surface area contributed by atoms with Crippen molar-refractivity contribution in [3.05, 3.63) is 81.6 Å². The zero-order valence-corrected chi connectivity index (χ0v) is 15.5. The van der Waals surface area contributed by atoms with Gasteiger partial charge in [0.05, 0.1) is 11.4 Å². The minimum Gasteiger partial charge on any atom is -0.397 e. The molecule has 0 aliphatic rings. The summed E-state index contributed by atoms with van der Waals surface area (Å²) in [5.41, 5.74) is 9.25. The van der Waals surface area contributed by atoms with Gasteiger partial charge in [-0.15, -0.1) is 11.3 Å². The number of pyridine rings is 1. The molecule has 25 heavy (non-hydrogen) atoms. The summed E-state index contributed by atoms with van der Waals surface area (Å²) in [6, 6.07) is 21.0. The fraction of sp³-hybridized carbons (Fsp3) is 0. The van der Waals surface area contributed by atoms with Crippen LogP contribution < -0.4 is 5.73 Å². The molecule has 0 spiro atoms. The Labute approximate surface area is 157 Å². The van der Waals surface area contributed by atoms with Crippen LogP contribution in [0.15, 0.2) is 71.2 Å². The molecule has 0 saturated carbocycles. The molecular formula is C20H13BrN2OS. The Morgan fingerprint density at radius 2 is 1.68 bits per heavy atom. The molecule has 2 heterocycles. The molecule has 0 unspecified atom stereocenters. The molecule has 0 fully saturated rings. The van der Waals surface area contributed by atoms with Crippen LogP contribution in [0.1, 0.15) is 15.2 Å². The maximum absolute atomic E-state index is 12.7. The fourth-order valence-electron chi connectivity index (χ4n) is 2.67. The first-order valence-electron chi connectivity index (χ1n) is 7.68. The number of rotatable bonds is 3. The van der Waals surface area contributed by atoms with E-state index in [1.54, 1.807) is 12.1 Å². The van der Waals surface area contributed by atoms with Crippen LogP contribution in [0, 0.1) is 0 Å². The van der Waals surface area contributed by atoms with Crippen molar-refractivity contribution < 1.29 is 4.79 Å². The lowest BCUT2D eigenvalue weighted by Crippen LogP contribution is -2.01. The van der Waals surface area contributed by atoms with Gasteiger partial charge in [0.25, 0.3) is 0 Å². The van der Waals surface area contributed by atoms with Crippen LogP contribution in [0.3, 0.4) is 0 Å². The minimum atomic E-state index is -0.0636. The highest BCUT2D eigenvalue weighted by molar-refractivity contribution is 9.10. The number of nitrogens with two attached hydrogens (primary N) is 1. The van der Waals surface area contributed by atoms with Crippen LogP contribution in [0.2, 0.25) is 0 Å². The molecule has 2 N–H and O–H groups in total. The maximum atomic E-state index is 12.7. The Morgan fingerprint density at radius 3 is 2.40 bits per heavy atom. The SMILES string of the molecule is Nc1c(C(=O)c2ccccc2)sc2nc(-c3ccc(Br)cc3)ccc12. The predicted octanol–water partition coefficient (Wildman–Crippen LogP) is 5.54. The van der Waals surface area contributed by atoms with Crippen molar-refractivity contribution in [2.24, 2.45) is 0 Å². The number of halogens is 1. The number of aromatic nitrogens is 1. The van der Waals surface area contributed by atoms with E-state index in [0.29, 0.717) is 16.1 Å². The van der Waals surface area contributed by atoms with Gasteiger partial charge in [-0.25, -0.2) is 4.98 Å². The molecule has 0 atom stereocenters. The molecule has 4 aromatic rings. The van der Waals surface area contributed by atoms with Crippen LogP contribution in [0.4, 0.5) is 5.69 Å². The van der Waals surface area contributed by atoms with Crippen molar-refractivity contribution in [3.8, 4) is 11.3 Å². The highest BCUT2D eigenvalue weighted by atomic mass is 79.9. The van der Waals surface area contributed by atoms with Crippen LogP contribution in [-0.4, -0.2) is 10.8 Å². The average Bonchev–Trinajstić information content (AvgIpc) is 2.98. The summed E-state index contributed by atoms with van der Waals surface area (Å²) >= 11 is 4.78. The number of ketones is 1. The van der Waals surface area contributed by atoms with Gasteiger partial charge >= 0.3 is 0 Å². The van der Waals surface area contributed by atoms with E-state index in [0.717, 1.165) is 25.9 Å². The Bertz CT molecular complexity index is 1070. The van der Waals surface area contributed by atoms with Gasteiger partial charge in [0.1, 0.15) is 9.71 Å². The number of carbonyl (C=O) groups excluding carboxylic acids is 1. The lowest BCUT2D eigenvalue weighted by atomic mass is 10.1. The summed E-state index contributed by atoms with van der Waals surface area (Å²) < 4.78 is 1.02. The normalized spacial score (nSPS) is 10.9. The molecule has 0 saturated heterocycles. The third-order valence-corrected chi connectivity index (χ3v) is 5.62. The molecule has 4 rings (SSSR count). The van der Waals surface area contributed by atoms with Gasteiger partial charge in [-0.2, -0.15) is 0 Å². The molecule has 122 valence electrons. The van der Waals surface area contributed by atoms with Gasteiger partial charge in [-0.1, -0.05) is 58.4 Å². The molecular weight excluding hydrogens is 396 g/mol. The summed E-state index contributed by atoms with van der Waals surface area (Å²) in [4.78, 5) is 18.7. The second-order valence-electron chi connectivity index (χ2n) is 5.60. The van der Waals surface area contributed by atoms with E-state index in [9.17, 15) is 4.79 Å². The largest absolute Gasteiger partial charge is 0.397 e. The molecule has 0 amide bonds. The number of fused-ring (bicyclic) bond motifs is 1. The Balaban J connectivity index is 1.79. The van der Waals surface area contributed by atoms with Gasteiger partial charge in [0.2, 0.25) is 5.78 Å². The second kappa shape index (κ2) is 6.43. The van der Waals surface area contributed by atoms with Crippen molar-refractivity contribution in [2.75, 3.05) is 5.73 Å². The van der Waals surface area contributed by atoms with Gasteiger partial charge in [0.15, 0.2) is 0 Å². The number of carbonyl (C=O) groups is 1. The molecule has 0 bridgehead atoms. The quantitative estimate of drug-likeness (QED) is 0.452. The average molecular weight is 409 g/mol.